The van der Waals surface area contributed by atoms with Crippen LogP contribution in [0.5, 0.6) is 5.75 Å². The first-order valence-electron chi connectivity index (χ1n) is 12.3. The topological polar surface area (TPSA) is 346 Å². The normalized spacial score (nSPS) is 13.4. The second kappa shape index (κ2) is 14.6. The van der Waals surface area contributed by atoms with E-state index in [0.717, 1.165) is 36.4 Å². The Balaban J connectivity index is 1.86. The van der Waals surface area contributed by atoms with Crippen molar-refractivity contribution in [2.24, 2.45) is 20.5 Å². The van der Waals surface area contributed by atoms with Gasteiger partial charge in [-0.05, 0) is 48.5 Å². The highest BCUT2D eigenvalue weighted by atomic mass is 32.3. The van der Waals surface area contributed by atoms with Gasteiger partial charge in [0.1, 0.15) is 27.7 Å². The molecule has 0 amide bonds. The maximum atomic E-state index is 12.5. The molecule has 21 nitrogen and oxygen atoms in total. The minimum Gasteiger partial charge on any atom is -0.506 e. The maximum absolute atomic E-state index is 12.5. The number of anilines is 1. The van der Waals surface area contributed by atoms with Gasteiger partial charge in [0.25, 0.3) is 10.1 Å². The van der Waals surface area contributed by atoms with Crippen LogP contribution in [0.4, 0.5) is 28.4 Å². The van der Waals surface area contributed by atoms with Crippen molar-refractivity contribution in [3.05, 3.63) is 54.6 Å². The van der Waals surface area contributed by atoms with E-state index in [4.69, 9.17) is 14.8 Å². The Morgan fingerprint density at radius 1 is 0.583 bits per heavy atom. The summed E-state index contributed by atoms with van der Waals surface area (Å²) in [7, 11) is -23.3. The molecule has 0 aliphatic rings. The molecule has 0 atom stereocenters. The van der Waals surface area contributed by atoms with Crippen molar-refractivity contribution >= 4 is 79.0 Å². The maximum Gasteiger partial charge on any atom is 0.397 e. The molecule has 3 aromatic carbocycles. The minimum atomic E-state index is -5.13. The van der Waals surface area contributed by atoms with E-state index in [9.17, 15) is 51.7 Å². The number of aromatic hydroxyl groups is 1. The van der Waals surface area contributed by atoms with Gasteiger partial charge >= 0.3 is 20.8 Å². The molecule has 262 valence electrons. The van der Waals surface area contributed by atoms with Crippen LogP contribution in [0.25, 0.3) is 0 Å². The third-order valence-corrected chi connectivity index (χ3v) is 10.8. The van der Waals surface area contributed by atoms with Crippen LogP contribution < -0.4 is 5.73 Å². The second-order valence-electron chi connectivity index (χ2n) is 9.04. The summed E-state index contributed by atoms with van der Waals surface area (Å²) in [5.74, 6) is -2.35. The summed E-state index contributed by atoms with van der Waals surface area (Å²) in [5, 5.41) is 25.4. The number of hydrogen-bond acceptors (Lipinski definition) is 18. The Morgan fingerprint density at radius 3 is 1.58 bits per heavy atom. The summed E-state index contributed by atoms with van der Waals surface area (Å²) in [6, 6.07) is 8.99. The molecular weight excluding hydrogens is 751 g/mol. The molecule has 26 heteroatoms. The molecule has 0 aliphatic carbocycles. The van der Waals surface area contributed by atoms with Crippen molar-refractivity contribution in [2.75, 3.05) is 30.5 Å². The van der Waals surface area contributed by atoms with E-state index in [-0.39, 0.29) is 27.6 Å². The lowest BCUT2D eigenvalue weighted by Gasteiger charge is -2.08. The van der Waals surface area contributed by atoms with Gasteiger partial charge in [0.15, 0.2) is 19.7 Å². The fourth-order valence-corrected chi connectivity index (χ4v) is 7.12. The third-order valence-electron chi connectivity index (χ3n) is 5.60. The summed E-state index contributed by atoms with van der Waals surface area (Å²) in [6.07, 6.45) is 0. The molecule has 3 aromatic rings. The van der Waals surface area contributed by atoms with Gasteiger partial charge in [-0.2, -0.15) is 30.4 Å². The van der Waals surface area contributed by atoms with Crippen LogP contribution in [0.2, 0.25) is 0 Å². The Bertz CT molecular complexity index is 2310. The quantitative estimate of drug-likeness (QED) is 0.0839. The second-order valence-corrected chi connectivity index (χ2v) is 16.8. The van der Waals surface area contributed by atoms with E-state index in [2.05, 4.69) is 28.8 Å². The van der Waals surface area contributed by atoms with Crippen LogP contribution in [-0.4, -0.2) is 85.6 Å². The Hall–Kier alpha value is -3.99. The molecule has 0 bridgehead atoms. The summed E-state index contributed by atoms with van der Waals surface area (Å²) in [6.45, 7) is -1.84. The van der Waals surface area contributed by atoms with Crippen LogP contribution in [0.3, 0.4) is 0 Å². The first kappa shape index (κ1) is 38.5. The first-order valence-corrected chi connectivity index (χ1v) is 19.8. The number of hydrogen-bond donors (Lipinski definition) is 5. The smallest absolute Gasteiger partial charge is 0.397 e. The van der Waals surface area contributed by atoms with Gasteiger partial charge in [-0.15, -0.1) is 15.3 Å². The molecule has 0 fully saturated rings. The molecule has 0 saturated carbocycles. The zero-order valence-corrected chi connectivity index (χ0v) is 27.7. The lowest BCUT2D eigenvalue weighted by atomic mass is 10.2. The predicted octanol–water partition coefficient (Wildman–Crippen LogP) is 2.24. The lowest BCUT2D eigenvalue weighted by molar-refractivity contribution is 0.282. The number of phenolic OH excluding ortho intramolecular Hbond substituents is 1. The molecule has 0 spiro atoms. The van der Waals surface area contributed by atoms with E-state index < -0.39 is 96.5 Å². The summed E-state index contributed by atoms with van der Waals surface area (Å²) in [5.41, 5.74) is 4.78. The van der Waals surface area contributed by atoms with Crippen molar-refractivity contribution in [2.45, 2.75) is 14.7 Å². The van der Waals surface area contributed by atoms with Gasteiger partial charge in [-0.3, -0.25) is 13.7 Å². The molecule has 0 unspecified atom stereocenters. The highest BCUT2D eigenvalue weighted by Crippen LogP contribution is 2.38. The average Bonchev–Trinajstić information content (AvgIpc) is 2.94. The molecule has 48 heavy (non-hydrogen) atoms. The highest BCUT2D eigenvalue weighted by Gasteiger charge is 2.23. The zero-order valence-electron chi connectivity index (χ0n) is 23.6. The van der Waals surface area contributed by atoms with Crippen LogP contribution in [0.1, 0.15) is 0 Å². The monoisotopic (exact) mass is 773 g/mol. The minimum absolute atomic E-state index is 0.107. The van der Waals surface area contributed by atoms with Crippen molar-refractivity contribution in [3.8, 4) is 5.75 Å². The van der Waals surface area contributed by atoms with Gasteiger partial charge in [-0.25, -0.2) is 25.2 Å². The lowest BCUT2D eigenvalue weighted by Crippen LogP contribution is -2.16. The van der Waals surface area contributed by atoms with Crippen molar-refractivity contribution in [3.63, 3.8) is 0 Å². The molecule has 3 rings (SSSR count). The number of rotatable bonds is 15. The molecule has 0 aliphatic heterocycles. The fraction of sp³-hybridized carbons (Fsp3) is 0.182. The SMILES string of the molecule is Nc1cc(O)c(/N=N/c2ccc(S(=O)(=O)CCOS(=O)(=O)O)cc2S(=O)(=O)O)cc1/N=N/c1ccc(S(=O)(=O)CCOS(=O)(=O)O)cc1. The zero-order chi connectivity index (χ0) is 36.1. The van der Waals surface area contributed by atoms with E-state index in [1.165, 1.54) is 12.1 Å². The standard InChI is InChI=1S/C22H23N5O16S5/c23-17-12-21(28)20(13-19(17)26-24-14-1-3-15(4-2-14)44(29,30)9-7-42-47(36,37)38)27-25-18-6-5-16(11-22(18)46(33,34)35)45(31,32)10-8-43-48(39,40)41/h1-6,11-13,28H,7-10,23H2,(H,33,34,35)(H,36,37,38)(H,39,40,41)/b26-24+,27-25+. The van der Waals surface area contributed by atoms with E-state index in [0.29, 0.717) is 6.07 Å². The largest absolute Gasteiger partial charge is 0.506 e. The number of phenols is 1. The molecule has 0 radical (unpaired) electrons. The molecule has 0 aromatic heterocycles. The Morgan fingerprint density at radius 2 is 1.06 bits per heavy atom. The predicted molar refractivity (Wildman–Crippen MR) is 163 cm³/mol. The van der Waals surface area contributed by atoms with Gasteiger partial charge < -0.3 is 10.8 Å². The summed E-state index contributed by atoms with van der Waals surface area (Å²) >= 11 is 0. The van der Waals surface area contributed by atoms with E-state index >= 15 is 0 Å². The Kier molecular flexibility index (Phi) is 11.7. The third kappa shape index (κ3) is 11.3. The number of benzene rings is 3. The van der Waals surface area contributed by atoms with Gasteiger partial charge in [0.05, 0.1) is 45.9 Å². The number of nitrogens with zero attached hydrogens (tertiary/aromatic N) is 4. The van der Waals surface area contributed by atoms with Crippen LogP contribution in [0.15, 0.2) is 89.7 Å². The van der Waals surface area contributed by atoms with Crippen molar-refractivity contribution < 1.29 is 69.2 Å². The number of sulfone groups is 2. The first-order chi connectivity index (χ1) is 22.0. The Labute approximate surface area is 273 Å². The van der Waals surface area contributed by atoms with Gasteiger partial charge in [0, 0.05) is 6.07 Å². The number of nitrogen functional groups attached to an aromatic ring is 1. The molecule has 0 heterocycles. The molecular formula is C22H23N5O16S5. The van der Waals surface area contributed by atoms with Crippen LogP contribution >= 0.6 is 0 Å². The highest BCUT2D eigenvalue weighted by molar-refractivity contribution is 7.92. The molecule has 6 N–H and O–H groups in total. The fourth-order valence-electron chi connectivity index (χ4n) is 3.40. The van der Waals surface area contributed by atoms with Gasteiger partial charge in [0.2, 0.25) is 0 Å². The van der Waals surface area contributed by atoms with Crippen molar-refractivity contribution in [1.82, 2.24) is 0 Å². The van der Waals surface area contributed by atoms with E-state index in [1.807, 2.05) is 0 Å². The van der Waals surface area contributed by atoms with E-state index in [1.54, 1.807) is 0 Å². The number of azo groups is 2. The van der Waals surface area contributed by atoms with Crippen LogP contribution in [0, 0.1) is 0 Å². The van der Waals surface area contributed by atoms with Gasteiger partial charge in [-0.1, -0.05) is 0 Å². The van der Waals surface area contributed by atoms with Crippen molar-refractivity contribution in [1.29, 1.82) is 0 Å². The molecule has 0 saturated heterocycles. The average molecular weight is 774 g/mol. The summed E-state index contributed by atoms with van der Waals surface area (Å²) < 4.78 is 151. The summed E-state index contributed by atoms with van der Waals surface area (Å²) in [4.78, 5) is -1.95. The van der Waals surface area contributed by atoms with Crippen LogP contribution in [-0.2, 0) is 59.0 Å². The number of nitrogens with two attached hydrogens (primary N) is 1.